The number of benzene rings is 1. The zero-order chi connectivity index (χ0) is 19.6. The zero-order valence-electron chi connectivity index (χ0n) is 14.5. The molecule has 1 heterocycles. The highest BCUT2D eigenvalue weighted by molar-refractivity contribution is 7.99. The van der Waals surface area contributed by atoms with Crippen molar-refractivity contribution in [1.29, 1.82) is 0 Å². The quantitative estimate of drug-likeness (QED) is 0.703. The van der Waals surface area contributed by atoms with Crippen LogP contribution in [0.3, 0.4) is 0 Å². The summed E-state index contributed by atoms with van der Waals surface area (Å²) in [6.07, 6.45) is 0.0325. The van der Waals surface area contributed by atoms with Crippen LogP contribution in [0, 0.1) is 0 Å². The van der Waals surface area contributed by atoms with Gasteiger partial charge in [0.2, 0.25) is 5.91 Å². The number of thioether (sulfide) groups is 1. The second-order valence-corrected chi connectivity index (χ2v) is 7.76. The van der Waals surface area contributed by atoms with Crippen molar-refractivity contribution < 1.29 is 18.0 Å². The first-order valence-electron chi connectivity index (χ1n) is 8.44. The Balaban J connectivity index is 1.62. The van der Waals surface area contributed by atoms with E-state index in [-0.39, 0.29) is 16.5 Å². The summed E-state index contributed by atoms with van der Waals surface area (Å²) >= 11 is 7.08. The predicted octanol–water partition coefficient (Wildman–Crippen LogP) is 4.88. The zero-order valence-corrected chi connectivity index (χ0v) is 16.1. The maximum Gasteiger partial charge on any atom is 0.416 e. The molecule has 0 radical (unpaired) electrons. The Bertz CT molecular complexity index is 834. The molecule has 0 spiro atoms. The van der Waals surface area contributed by atoms with Crippen LogP contribution in [0.4, 0.5) is 18.9 Å². The van der Waals surface area contributed by atoms with Crippen LogP contribution in [0.5, 0.6) is 0 Å². The Morgan fingerprint density at radius 1 is 1.33 bits per heavy atom. The van der Waals surface area contributed by atoms with Gasteiger partial charge in [-0.05, 0) is 31.0 Å². The summed E-state index contributed by atoms with van der Waals surface area (Å²) in [5.74, 6) is 0.834. The number of halogens is 4. The second-order valence-electron chi connectivity index (χ2n) is 6.41. The minimum Gasteiger partial charge on any atom is -0.324 e. The van der Waals surface area contributed by atoms with Crippen molar-refractivity contribution in [2.24, 2.45) is 7.05 Å². The van der Waals surface area contributed by atoms with E-state index in [1.54, 1.807) is 0 Å². The van der Waals surface area contributed by atoms with Crippen molar-refractivity contribution >= 4 is 35.0 Å². The minimum absolute atomic E-state index is 0.0107. The van der Waals surface area contributed by atoms with Crippen molar-refractivity contribution in [2.75, 3.05) is 11.1 Å². The number of aromatic nitrogens is 3. The standard InChI is InChI=1S/C17H18ClF3N4OS/c1-25-15(10-4-2-3-5-10)23-24-16(25)27-9-14(26)22-13-8-11(17(19,20)21)6-7-12(13)18/h6-8,10H,2-5,9H2,1H3,(H,22,26). The average Bonchev–Trinajstić information content (AvgIpc) is 3.23. The maximum absolute atomic E-state index is 12.8. The SMILES string of the molecule is Cn1c(SCC(=O)Nc2cc(C(F)(F)F)ccc2Cl)nnc1C1CCCC1. The summed E-state index contributed by atoms with van der Waals surface area (Å²) in [5.41, 5.74) is -0.939. The van der Waals surface area contributed by atoms with Crippen LogP contribution in [0.2, 0.25) is 5.02 Å². The lowest BCUT2D eigenvalue weighted by Gasteiger charge is -2.12. The third-order valence-electron chi connectivity index (χ3n) is 4.49. The number of anilines is 1. The summed E-state index contributed by atoms with van der Waals surface area (Å²) in [6.45, 7) is 0. The van der Waals surface area contributed by atoms with Crippen molar-refractivity contribution in [3.05, 3.63) is 34.6 Å². The second kappa shape index (κ2) is 8.10. The molecule has 0 saturated heterocycles. The molecule has 1 saturated carbocycles. The molecule has 3 rings (SSSR count). The van der Waals surface area contributed by atoms with Crippen molar-refractivity contribution in [1.82, 2.24) is 14.8 Å². The van der Waals surface area contributed by atoms with Crippen LogP contribution >= 0.6 is 23.4 Å². The lowest BCUT2D eigenvalue weighted by Crippen LogP contribution is -2.16. The first-order chi connectivity index (χ1) is 12.8. The third kappa shape index (κ3) is 4.76. The maximum atomic E-state index is 12.8. The van der Waals surface area contributed by atoms with E-state index in [4.69, 9.17) is 11.6 Å². The Morgan fingerprint density at radius 2 is 2.04 bits per heavy atom. The van der Waals surface area contributed by atoms with Gasteiger partial charge in [-0.2, -0.15) is 13.2 Å². The van der Waals surface area contributed by atoms with E-state index in [0.29, 0.717) is 11.1 Å². The van der Waals surface area contributed by atoms with Gasteiger partial charge in [0.25, 0.3) is 0 Å². The molecule has 1 aromatic heterocycles. The number of hydrogen-bond acceptors (Lipinski definition) is 4. The molecule has 1 aliphatic rings. The first-order valence-corrected chi connectivity index (χ1v) is 9.80. The molecule has 146 valence electrons. The van der Waals surface area contributed by atoms with Crippen LogP contribution in [0.1, 0.15) is 43.0 Å². The lowest BCUT2D eigenvalue weighted by molar-refractivity contribution is -0.137. The van der Waals surface area contributed by atoms with Crippen LogP contribution in [-0.2, 0) is 18.0 Å². The van der Waals surface area contributed by atoms with Gasteiger partial charge in [-0.15, -0.1) is 10.2 Å². The van der Waals surface area contributed by atoms with Gasteiger partial charge in [-0.3, -0.25) is 4.79 Å². The number of nitrogens with zero attached hydrogens (tertiary/aromatic N) is 3. The van der Waals surface area contributed by atoms with Crippen LogP contribution < -0.4 is 5.32 Å². The predicted molar refractivity (Wildman–Crippen MR) is 98.0 cm³/mol. The highest BCUT2D eigenvalue weighted by Crippen LogP contribution is 2.35. The highest BCUT2D eigenvalue weighted by Gasteiger charge is 2.31. The van der Waals surface area contributed by atoms with E-state index in [0.717, 1.165) is 36.9 Å². The van der Waals surface area contributed by atoms with E-state index >= 15 is 0 Å². The summed E-state index contributed by atoms with van der Waals surface area (Å²) in [4.78, 5) is 12.1. The number of carbonyl (C=O) groups is 1. The van der Waals surface area contributed by atoms with E-state index in [2.05, 4.69) is 15.5 Å². The number of amides is 1. The molecule has 0 aliphatic heterocycles. The van der Waals surface area contributed by atoms with Gasteiger partial charge in [0.05, 0.1) is 22.0 Å². The average molecular weight is 419 g/mol. The fourth-order valence-electron chi connectivity index (χ4n) is 3.11. The van der Waals surface area contributed by atoms with E-state index in [9.17, 15) is 18.0 Å². The van der Waals surface area contributed by atoms with Crippen LogP contribution in [0.15, 0.2) is 23.4 Å². The highest BCUT2D eigenvalue weighted by atomic mass is 35.5. The normalized spacial score (nSPS) is 15.3. The molecule has 1 N–H and O–H groups in total. The largest absolute Gasteiger partial charge is 0.416 e. The molecule has 1 amide bonds. The number of nitrogens with one attached hydrogen (secondary N) is 1. The Kier molecular flexibility index (Phi) is 6.00. The van der Waals surface area contributed by atoms with Gasteiger partial charge in [0, 0.05) is 13.0 Å². The van der Waals surface area contributed by atoms with Crippen LogP contribution in [-0.4, -0.2) is 26.4 Å². The van der Waals surface area contributed by atoms with Gasteiger partial charge >= 0.3 is 6.18 Å². The number of alkyl halides is 3. The topological polar surface area (TPSA) is 59.8 Å². The molecular weight excluding hydrogens is 401 g/mol. The van der Waals surface area contributed by atoms with Crippen molar-refractivity contribution in [2.45, 2.75) is 42.9 Å². The van der Waals surface area contributed by atoms with E-state index < -0.39 is 17.6 Å². The fourth-order valence-corrected chi connectivity index (χ4v) is 3.99. The molecule has 27 heavy (non-hydrogen) atoms. The molecular formula is C17H18ClF3N4OS. The summed E-state index contributed by atoms with van der Waals surface area (Å²) in [5, 5.41) is 11.4. The molecule has 2 aromatic rings. The summed E-state index contributed by atoms with van der Waals surface area (Å²) in [6, 6.07) is 2.81. The van der Waals surface area contributed by atoms with Gasteiger partial charge in [-0.1, -0.05) is 36.2 Å². The van der Waals surface area contributed by atoms with Crippen LogP contribution in [0.25, 0.3) is 0 Å². The number of hydrogen-bond donors (Lipinski definition) is 1. The minimum atomic E-state index is -4.51. The summed E-state index contributed by atoms with van der Waals surface area (Å²) in [7, 11) is 1.86. The molecule has 0 bridgehead atoms. The van der Waals surface area contributed by atoms with Gasteiger partial charge in [-0.25, -0.2) is 0 Å². The Morgan fingerprint density at radius 3 is 2.70 bits per heavy atom. The van der Waals surface area contributed by atoms with Gasteiger partial charge in [0.1, 0.15) is 5.82 Å². The third-order valence-corrected chi connectivity index (χ3v) is 5.84. The summed E-state index contributed by atoms with van der Waals surface area (Å²) < 4.78 is 40.3. The van der Waals surface area contributed by atoms with Gasteiger partial charge in [0.15, 0.2) is 5.16 Å². The molecule has 5 nitrogen and oxygen atoms in total. The molecule has 1 aliphatic carbocycles. The Labute approximate surface area is 163 Å². The van der Waals surface area contributed by atoms with E-state index in [1.165, 1.54) is 24.6 Å². The molecule has 1 aromatic carbocycles. The van der Waals surface area contributed by atoms with E-state index in [1.807, 2.05) is 11.6 Å². The molecule has 0 atom stereocenters. The fraction of sp³-hybridized carbons (Fsp3) is 0.471. The molecule has 0 unspecified atom stereocenters. The smallest absolute Gasteiger partial charge is 0.324 e. The van der Waals surface area contributed by atoms with Gasteiger partial charge < -0.3 is 9.88 Å². The lowest BCUT2D eigenvalue weighted by atomic mass is 10.1. The molecule has 10 heteroatoms. The Hall–Kier alpha value is -1.74. The molecule has 1 fully saturated rings. The monoisotopic (exact) mass is 418 g/mol. The van der Waals surface area contributed by atoms with Crippen molar-refractivity contribution in [3.63, 3.8) is 0 Å². The number of rotatable bonds is 5. The number of carbonyl (C=O) groups excluding carboxylic acids is 1. The van der Waals surface area contributed by atoms with Crippen molar-refractivity contribution in [3.8, 4) is 0 Å². The first kappa shape index (κ1) is 20.0.